The van der Waals surface area contributed by atoms with Crippen LogP contribution in [0.25, 0.3) is 10.8 Å². The van der Waals surface area contributed by atoms with Crippen molar-refractivity contribution in [3.8, 4) is 17.2 Å². The van der Waals surface area contributed by atoms with Gasteiger partial charge in [-0.3, -0.25) is 9.59 Å². The van der Waals surface area contributed by atoms with Gasteiger partial charge in [0.1, 0.15) is 11.6 Å². The van der Waals surface area contributed by atoms with Crippen LogP contribution in [0.1, 0.15) is 13.8 Å². The number of hydrogen-bond acceptors (Lipinski definition) is 7. The average Bonchev–Trinajstić information content (AvgIpc) is 2.47. The number of fused-ring (bicyclic) bond motifs is 1. The molecular weight excluding hydrogens is 300 g/mol. The lowest BCUT2D eigenvalue weighted by molar-refractivity contribution is -0.133. The smallest absolute Gasteiger partial charge is 0.308 e. The molecule has 23 heavy (non-hydrogen) atoms. The Morgan fingerprint density at radius 2 is 1.65 bits per heavy atom. The first-order chi connectivity index (χ1) is 10.8. The molecular formula is C16H18N2O5. The molecule has 122 valence electrons. The summed E-state index contributed by atoms with van der Waals surface area (Å²) in [5.74, 6) is 0.556. The van der Waals surface area contributed by atoms with E-state index in [2.05, 4.69) is 4.98 Å². The van der Waals surface area contributed by atoms with Gasteiger partial charge in [-0.15, -0.1) is 0 Å². The third-order valence-corrected chi connectivity index (χ3v) is 3.06. The molecule has 0 radical (unpaired) electrons. The van der Waals surface area contributed by atoms with Crippen LogP contribution < -0.4 is 19.1 Å². The van der Waals surface area contributed by atoms with Crippen LogP contribution in [0.2, 0.25) is 0 Å². The van der Waals surface area contributed by atoms with Crippen molar-refractivity contribution < 1.29 is 23.8 Å². The average molecular weight is 318 g/mol. The molecule has 7 nitrogen and oxygen atoms in total. The molecule has 1 aromatic carbocycles. The van der Waals surface area contributed by atoms with Gasteiger partial charge < -0.3 is 19.1 Å². The number of rotatable bonds is 4. The highest BCUT2D eigenvalue weighted by atomic mass is 16.6. The lowest BCUT2D eigenvalue weighted by atomic mass is 10.1. The number of benzene rings is 1. The molecule has 0 aliphatic heterocycles. The number of ether oxygens (including phenoxy) is 3. The van der Waals surface area contributed by atoms with E-state index in [0.29, 0.717) is 22.3 Å². The standard InChI is InChI=1S/C16H18N2O5/c1-9(19)22-13-7-14(21-5)16(23-10(2)20)12-8-17-15(18(3)4)6-11(12)13/h6-8H,1-5H3. The molecule has 0 fully saturated rings. The normalized spacial score (nSPS) is 10.3. The van der Waals surface area contributed by atoms with Crippen molar-refractivity contribution in [1.82, 2.24) is 4.98 Å². The van der Waals surface area contributed by atoms with Gasteiger partial charge in [0.2, 0.25) is 0 Å². The molecule has 0 aliphatic carbocycles. The summed E-state index contributed by atoms with van der Waals surface area (Å²) in [5, 5.41) is 1.11. The minimum absolute atomic E-state index is 0.240. The van der Waals surface area contributed by atoms with Gasteiger partial charge in [-0.2, -0.15) is 0 Å². The van der Waals surface area contributed by atoms with Crippen LogP contribution in [0.15, 0.2) is 18.3 Å². The summed E-state index contributed by atoms with van der Waals surface area (Å²) in [6.45, 7) is 2.61. The zero-order valence-corrected chi connectivity index (χ0v) is 13.7. The maximum absolute atomic E-state index is 11.4. The Hall–Kier alpha value is -2.83. The van der Waals surface area contributed by atoms with Crippen molar-refractivity contribution in [2.75, 3.05) is 26.1 Å². The zero-order valence-electron chi connectivity index (χ0n) is 13.7. The molecule has 0 unspecified atom stereocenters. The minimum Gasteiger partial charge on any atom is -0.493 e. The number of esters is 2. The predicted molar refractivity (Wildman–Crippen MR) is 85.2 cm³/mol. The summed E-state index contributed by atoms with van der Waals surface area (Å²) in [5.41, 5.74) is 0. The Labute approximate surface area is 133 Å². The number of aromatic nitrogens is 1. The Morgan fingerprint density at radius 3 is 2.17 bits per heavy atom. The number of pyridine rings is 1. The monoisotopic (exact) mass is 318 g/mol. The van der Waals surface area contributed by atoms with Gasteiger partial charge in [-0.25, -0.2) is 4.98 Å². The minimum atomic E-state index is -0.485. The number of methoxy groups -OCH3 is 1. The van der Waals surface area contributed by atoms with E-state index in [-0.39, 0.29) is 11.5 Å². The Bertz CT molecular complexity index is 771. The van der Waals surface area contributed by atoms with E-state index < -0.39 is 11.9 Å². The van der Waals surface area contributed by atoms with Gasteiger partial charge in [-0.05, 0) is 6.07 Å². The molecule has 1 heterocycles. The van der Waals surface area contributed by atoms with Crippen molar-refractivity contribution in [2.24, 2.45) is 0 Å². The topological polar surface area (TPSA) is 78.0 Å². The highest BCUT2D eigenvalue weighted by Gasteiger charge is 2.19. The van der Waals surface area contributed by atoms with Gasteiger partial charge in [-0.1, -0.05) is 0 Å². The maximum atomic E-state index is 11.4. The first kappa shape index (κ1) is 16.5. The van der Waals surface area contributed by atoms with Crippen molar-refractivity contribution in [3.05, 3.63) is 18.3 Å². The maximum Gasteiger partial charge on any atom is 0.308 e. The van der Waals surface area contributed by atoms with Gasteiger partial charge in [0.25, 0.3) is 0 Å². The summed E-state index contributed by atoms with van der Waals surface area (Å²) in [6.07, 6.45) is 1.55. The molecule has 0 saturated carbocycles. The predicted octanol–water partition coefficient (Wildman–Crippen LogP) is 2.16. The fraction of sp³-hybridized carbons (Fsp3) is 0.312. The van der Waals surface area contributed by atoms with Crippen LogP contribution in [0.5, 0.6) is 17.2 Å². The highest BCUT2D eigenvalue weighted by molar-refractivity contribution is 5.98. The number of carbonyl (C=O) groups is 2. The lowest BCUT2D eigenvalue weighted by Gasteiger charge is -2.17. The van der Waals surface area contributed by atoms with E-state index in [4.69, 9.17) is 14.2 Å². The van der Waals surface area contributed by atoms with Crippen molar-refractivity contribution in [3.63, 3.8) is 0 Å². The highest BCUT2D eigenvalue weighted by Crippen LogP contribution is 2.42. The van der Waals surface area contributed by atoms with Crippen LogP contribution in [0.4, 0.5) is 5.82 Å². The molecule has 2 aromatic rings. The van der Waals surface area contributed by atoms with E-state index in [1.165, 1.54) is 27.0 Å². The van der Waals surface area contributed by atoms with E-state index in [0.717, 1.165) is 0 Å². The number of anilines is 1. The van der Waals surface area contributed by atoms with Crippen LogP contribution in [0, 0.1) is 0 Å². The van der Waals surface area contributed by atoms with E-state index >= 15 is 0 Å². The van der Waals surface area contributed by atoms with Crippen molar-refractivity contribution in [1.29, 1.82) is 0 Å². The largest absolute Gasteiger partial charge is 0.493 e. The number of nitrogens with zero attached hydrogens (tertiary/aromatic N) is 2. The summed E-state index contributed by atoms with van der Waals surface area (Å²) >= 11 is 0. The quantitative estimate of drug-likeness (QED) is 0.631. The van der Waals surface area contributed by atoms with Gasteiger partial charge in [0, 0.05) is 45.6 Å². The molecule has 0 amide bonds. The van der Waals surface area contributed by atoms with E-state index in [1.54, 1.807) is 12.3 Å². The summed E-state index contributed by atoms with van der Waals surface area (Å²) in [7, 11) is 5.12. The molecule has 0 N–H and O–H groups in total. The zero-order chi connectivity index (χ0) is 17.1. The molecule has 0 bridgehead atoms. The van der Waals surface area contributed by atoms with Crippen LogP contribution in [-0.4, -0.2) is 38.1 Å². The SMILES string of the molecule is COc1cc(OC(C)=O)c2cc(N(C)C)ncc2c1OC(C)=O. The van der Waals surface area contributed by atoms with Gasteiger partial charge in [0.15, 0.2) is 11.5 Å². The summed E-state index contributed by atoms with van der Waals surface area (Å²) in [4.78, 5) is 28.9. The third kappa shape index (κ3) is 3.50. The molecule has 0 aliphatic rings. The Balaban J connectivity index is 2.79. The van der Waals surface area contributed by atoms with Crippen LogP contribution in [-0.2, 0) is 9.59 Å². The third-order valence-electron chi connectivity index (χ3n) is 3.06. The summed E-state index contributed by atoms with van der Waals surface area (Å²) in [6, 6.07) is 3.27. The second-order valence-corrected chi connectivity index (χ2v) is 5.08. The van der Waals surface area contributed by atoms with Gasteiger partial charge >= 0.3 is 11.9 Å². The molecule has 0 spiro atoms. The second-order valence-electron chi connectivity index (χ2n) is 5.08. The van der Waals surface area contributed by atoms with Crippen molar-refractivity contribution in [2.45, 2.75) is 13.8 Å². The molecule has 0 saturated heterocycles. The van der Waals surface area contributed by atoms with E-state index in [1.807, 2.05) is 19.0 Å². The summed E-state index contributed by atoms with van der Waals surface area (Å²) < 4.78 is 15.8. The first-order valence-corrected chi connectivity index (χ1v) is 6.88. The number of hydrogen-bond donors (Lipinski definition) is 0. The first-order valence-electron chi connectivity index (χ1n) is 6.88. The Kier molecular flexibility index (Phi) is 4.68. The second kappa shape index (κ2) is 6.51. The van der Waals surface area contributed by atoms with Crippen molar-refractivity contribution >= 4 is 28.5 Å². The van der Waals surface area contributed by atoms with Gasteiger partial charge in [0.05, 0.1) is 12.5 Å². The molecule has 2 rings (SSSR count). The van der Waals surface area contributed by atoms with E-state index in [9.17, 15) is 9.59 Å². The molecule has 1 aromatic heterocycles. The molecule has 7 heteroatoms. The number of carbonyl (C=O) groups excluding carboxylic acids is 2. The van der Waals surface area contributed by atoms with Crippen LogP contribution >= 0.6 is 0 Å². The lowest BCUT2D eigenvalue weighted by Crippen LogP contribution is -2.11. The van der Waals surface area contributed by atoms with Crippen LogP contribution in [0.3, 0.4) is 0 Å². The fourth-order valence-corrected chi connectivity index (χ4v) is 2.11. The Morgan fingerprint density at radius 1 is 1.00 bits per heavy atom. The molecule has 0 atom stereocenters. The fourth-order valence-electron chi connectivity index (χ4n) is 2.11.